The highest BCUT2D eigenvalue weighted by Gasteiger charge is 2.51. The Morgan fingerprint density at radius 1 is 0.411 bits per heavy atom. The summed E-state index contributed by atoms with van der Waals surface area (Å²) in [5.41, 5.74) is 0. The molecule has 12 atom stereocenters. The largest absolute Gasteiger partial charge is 0.394 e. The van der Waals surface area contributed by atoms with E-state index in [1.54, 1.807) is 0 Å². The monoisotopic (exact) mass is 1280 g/mol. The van der Waals surface area contributed by atoms with Crippen molar-refractivity contribution >= 4 is 5.91 Å². The van der Waals surface area contributed by atoms with Gasteiger partial charge in [0, 0.05) is 6.42 Å². The van der Waals surface area contributed by atoms with Crippen molar-refractivity contribution in [3.05, 3.63) is 48.6 Å². The smallest absolute Gasteiger partial charge is 0.220 e. The number of aliphatic hydroxyl groups is 8. The molecule has 2 saturated heterocycles. The number of aliphatic hydroxyl groups excluding tert-OH is 8. The molecule has 2 heterocycles. The molecule has 0 aromatic heterocycles. The maximum Gasteiger partial charge on any atom is 0.220 e. The third kappa shape index (κ3) is 43.8. The molecule has 90 heavy (non-hydrogen) atoms. The van der Waals surface area contributed by atoms with Crippen molar-refractivity contribution in [1.82, 2.24) is 5.32 Å². The van der Waals surface area contributed by atoms with E-state index in [0.717, 1.165) is 77.0 Å². The van der Waals surface area contributed by atoms with E-state index in [4.69, 9.17) is 18.9 Å². The van der Waals surface area contributed by atoms with Crippen molar-refractivity contribution < 1.29 is 64.6 Å². The lowest BCUT2D eigenvalue weighted by molar-refractivity contribution is -0.359. The molecule has 0 radical (unpaired) electrons. The van der Waals surface area contributed by atoms with Gasteiger partial charge in [-0.15, -0.1) is 0 Å². The first-order valence-corrected chi connectivity index (χ1v) is 37.9. The molecule has 0 spiro atoms. The highest BCUT2D eigenvalue weighted by molar-refractivity contribution is 5.76. The van der Waals surface area contributed by atoms with Crippen LogP contribution in [0, 0.1) is 0 Å². The number of amides is 1. The summed E-state index contributed by atoms with van der Waals surface area (Å²) in [6.07, 6.45) is 63.1. The van der Waals surface area contributed by atoms with Crippen LogP contribution in [0.3, 0.4) is 0 Å². The Hall–Kier alpha value is -2.05. The predicted octanol–water partition coefficient (Wildman–Crippen LogP) is 16.2. The molecule has 0 saturated carbocycles. The van der Waals surface area contributed by atoms with E-state index in [1.807, 2.05) is 0 Å². The van der Waals surface area contributed by atoms with Crippen LogP contribution in [0.25, 0.3) is 0 Å². The van der Waals surface area contributed by atoms with Crippen molar-refractivity contribution in [2.24, 2.45) is 0 Å². The van der Waals surface area contributed by atoms with Gasteiger partial charge in [-0.2, -0.15) is 0 Å². The van der Waals surface area contributed by atoms with Gasteiger partial charge in [-0.05, 0) is 51.4 Å². The second-order valence-corrected chi connectivity index (χ2v) is 26.8. The number of rotatable bonds is 63. The summed E-state index contributed by atoms with van der Waals surface area (Å²) in [7, 11) is 0. The van der Waals surface area contributed by atoms with E-state index in [9.17, 15) is 45.6 Å². The average molecular weight is 1280 g/mol. The van der Waals surface area contributed by atoms with Crippen molar-refractivity contribution in [3.63, 3.8) is 0 Å². The maximum atomic E-state index is 13.3. The first kappa shape index (κ1) is 84.0. The molecule has 0 aromatic carbocycles. The summed E-state index contributed by atoms with van der Waals surface area (Å²) in [4.78, 5) is 13.3. The summed E-state index contributed by atoms with van der Waals surface area (Å²) in [5, 5.41) is 87.6. The van der Waals surface area contributed by atoms with E-state index < -0.39 is 86.8 Å². The zero-order valence-electron chi connectivity index (χ0n) is 57.6. The van der Waals surface area contributed by atoms with E-state index in [-0.39, 0.29) is 12.5 Å². The average Bonchev–Trinajstić information content (AvgIpc) is 1.58. The quantitative estimate of drug-likeness (QED) is 0.0204. The van der Waals surface area contributed by atoms with Crippen LogP contribution in [0.15, 0.2) is 48.6 Å². The van der Waals surface area contributed by atoms with Gasteiger partial charge in [0.25, 0.3) is 0 Å². The summed E-state index contributed by atoms with van der Waals surface area (Å²) < 4.78 is 22.9. The van der Waals surface area contributed by atoms with Gasteiger partial charge in [0.15, 0.2) is 12.6 Å². The number of carbonyl (C=O) groups is 1. The Labute approximate surface area is 550 Å². The van der Waals surface area contributed by atoms with E-state index in [2.05, 4.69) is 67.8 Å². The fraction of sp³-hybridized carbons (Fsp3) is 0.882. The van der Waals surface area contributed by atoms with Crippen molar-refractivity contribution in [1.29, 1.82) is 0 Å². The number of hydrogen-bond donors (Lipinski definition) is 9. The molecule has 2 fully saturated rings. The van der Waals surface area contributed by atoms with E-state index in [0.29, 0.717) is 12.8 Å². The minimum absolute atomic E-state index is 0.200. The molecule has 2 rings (SSSR count). The number of hydrogen-bond acceptors (Lipinski definition) is 13. The van der Waals surface area contributed by atoms with Crippen LogP contribution in [-0.4, -0.2) is 140 Å². The number of unbranched alkanes of at least 4 members (excludes halogenated alkanes) is 42. The van der Waals surface area contributed by atoms with Crippen molar-refractivity contribution in [2.75, 3.05) is 19.8 Å². The molecule has 14 nitrogen and oxygen atoms in total. The Bertz CT molecular complexity index is 1690. The minimum Gasteiger partial charge on any atom is -0.394 e. The minimum atomic E-state index is -1.78. The zero-order chi connectivity index (χ0) is 65.2. The van der Waals surface area contributed by atoms with Crippen molar-refractivity contribution in [3.8, 4) is 0 Å². The summed E-state index contributed by atoms with van der Waals surface area (Å²) in [6, 6.07) is -0.827. The second kappa shape index (κ2) is 60.6. The van der Waals surface area contributed by atoms with Gasteiger partial charge in [0.05, 0.1) is 32.0 Å². The molecule has 2 aliphatic rings. The van der Waals surface area contributed by atoms with Gasteiger partial charge in [-0.1, -0.05) is 326 Å². The standard InChI is InChI=1S/C76H141NO13/c1-3-5-7-9-11-13-15-17-19-20-21-22-23-24-25-26-27-28-29-30-31-32-33-34-35-36-37-38-39-40-41-42-43-44-46-48-50-52-54-56-58-60-68(81)77-64(65(80)59-57-55-53-51-49-47-45-18-16-14-12-10-8-6-4-2)63-87-75-73(86)71(84)74(67(62-79)89-75)90-76-72(85)70(83)69(82)66(61-78)88-76/h5,7,11,13,17,19,21-22,64-67,69-76,78-80,82-86H,3-4,6,8-10,12,14-16,18,20,23-63H2,1-2H3,(H,77,81)/b7-5-,13-11-,19-17-,22-21-. The molecular weight excluding hydrogens is 1130 g/mol. The Balaban J connectivity index is 1.52. The number of carbonyl (C=O) groups excluding carboxylic acids is 1. The lowest BCUT2D eigenvalue weighted by atomic mass is 9.97. The van der Waals surface area contributed by atoms with Crippen LogP contribution in [0.1, 0.15) is 335 Å². The highest BCUT2D eigenvalue weighted by atomic mass is 16.7. The number of ether oxygens (including phenoxy) is 4. The Morgan fingerprint density at radius 2 is 0.767 bits per heavy atom. The van der Waals surface area contributed by atoms with Gasteiger partial charge >= 0.3 is 0 Å². The van der Waals surface area contributed by atoms with E-state index in [1.165, 1.54) is 231 Å². The second-order valence-electron chi connectivity index (χ2n) is 26.8. The lowest BCUT2D eigenvalue weighted by Gasteiger charge is -2.46. The number of nitrogens with one attached hydrogen (secondary N) is 1. The maximum absolute atomic E-state index is 13.3. The Kier molecular flexibility index (Phi) is 56.6. The Morgan fingerprint density at radius 3 is 1.18 bits per heavy atom. The lowest BCUT2D eigenvalue weighted by Crippen LogP contribution is -2.65. The molecular formula is C76H141NO13. The molecule has 12 unspecified atom stereocenters. The summed E-state index contributed by atoms with van der Waals surface area (Å²) in [5.74, 6) is -0.200. The molecule has 0 bridgehead atoms. The third-order valence-electron chi connectivity index (χ3n) is 18.6. The third-order valence-corrected chi connectivity index (χ3v) is 18.6. The molecule has 9 N–H and O–H groups in total. The fourth-order valence-corrected chi connectivity index (χ4v) is 12.6. The predicted molar refractivity (Wildman–Crippen MR) is 369 cm³/mol. The van der Waals surface area contributed by atoms with Crippen molar-refractivity contribution in [2.45, 2.75) is 408 Å². The molecule has 0 aromatic rings. The highest BCUT2D eigenvalue weighted by Crippen LogP contribution is 2.30. The van der Waals surface area contributed by atoms with Gasteiger partial charge in [0.2, 0.25) is 5.91 Å². The topological polar surface area (TPSA) is 228 Å². The molecule has 14 heteroatoms. The van der Waals surface area contributed by atoms with Crippen LogP contribution in [-0.2, 0) is 23.7 Å². The van der Waals surface area contributed by atoms with Crippen LogP contribution in [0.4, 0.5) is 0 Å². The number of allylic oxidation sites excluding steroid dienone is 8. The van der Waals surface area contributed by atoms with Crippen LogP contribution < -0.4 is 5.32 Å². The van der Waals surface area contributed by atoms with Gasteiger partial charge in [0.1, 0.15) is 48.8 Å². The molecule has 1 amide bonds. The first-order chi connectivity index (χ1) is 44.1. The molecule has 2 aliphatic heterocycles. The normalized spacial score (nSPS) is 23.1. The van der Waals surface area contributed by atoms with Crippen LogP contribution in [0.2, 0.25) is 0 Å². The van der Waals surface area contributed by atoms with Gasteiger partial charge in [-0.25, -0.2) is 0 Å². The SMILES string of the molecule is CC/C=C\C/C=C\C/C=C\C/C=C\CCCCCCCCCCCCCCCCCCCCCCCCCCCCCCC(=O)NC(COC1OC(CO)C(OC2OC(CO)C(O)C(O)C2O)C(O)C1O)C(O)CCCCCCCCCCCCCCCCC. The zero-order valence-corrected chi connectivity index (χ0v) is 57.6. The van der Waals surface area contributed by atoms with E-state index >= 15 is 0 Å². The van der Waals surface area contributed by atoms with Gasteiger partial charge < -0.3 is 65.1 Å². The molecule has 0 aliphatic carbocycles. The van der Waals surface area contributed by atoms with Crippen LogP contribution >= 0.6 is 0 Å². The van der Waals surface area contributed by atoms with Gasteiger partial charge in [-0.3, -0.25) is 4.79 Å². The fourth-order valence-electron chi connectivity index (χ4n) is 12.6. The molecule has 528 valence electrons. The van der Waals surface area contributed by atoms with Crippen LogP contribution in [0.5, 0.6) is 0 Å². The summed E-state index contributed by atoms with van der Waals surface area (Å²) in [6.45, 7) is 2.79. The summed E-state index contributed by atoms with van der Waals surface area (Å²) >= 11 is 0. The first-order valence-electron chi connectivity index (χ1n) is 37.9.